The Morgan fingerprint density at radius 1 is 1.04 bits per heavy atom. The maximum absolute atomic E-state index is 13.6. The summed E-state index contributed by atoms with van der Waals surface area (Å²) in [5.41, 5.74) is 4.23. The third-order valence-electron chi connectivity index (χ3n) is 5.27. The Kier molecular flexibility index (Phi) is 4.15. The second-order valence-corrected chi connectivity index (χ2v) is 6.92. The minimum atomic E-state index is -0.740. The van der Waals surface area contributed by atoms with E-state index in [4.69, 9.17) is 0 Å². The monoisotopic (exact) mass is 357 g/mol. The predicted molar refractivity (Wildman–Crippen MR) is 106 cm³/mol. The van der Waals surface area contributed by atoms with Crippen LogP contribution < -0.4 is 4.90 Å². The number of benzene rings is 3. The molecule has 0 aromatic heterocycles. The Morgan fingerprint density at radius 2 is 1.70 bits per heavy atom. The fraction of sp³-hybridized carbons (Fsp3) is 0.125. The van der Waals surface area contributed by atoms with Gasteiger partial charge in [-0.3, -0.25) is 9.69 Å². The van der Waals surface area contributed by atoms with Crippen molar-refractivity contribution in [1.82, 2.24) is 0 Å². The van der Waals surface area contributed by atoms with Crippen molar-refractivity contribution >= 4 is 11.6 Å². The highest BCUT2D eigenvalue weighted by atomic mass is 19.1. The number of nitrogens with zero attached hydrogens (tertiary/aromatic N) is 1. The Morgan fingerprint density at radius 3 is 2.37 bits per heavy atom. The van der Waals surface area contributed by atoms with Crippen molar-refractivity contribution in [2.75, 3.05) is 4.90 Å². The molecule has 0 aliphatic carbocycles. The van der Waals surface area contributed by atoms with E-state index in [9.17, 15) is 9.18 Å². The van der Waals surface area contributed by atoms with Gasteiger partial charge in [-0.05, 0) is 47.9 Å². The highest BCUT2D eigenvalue weighted by Gasteiger charge is 2.48. The number of carbonyl (C=O) groups is 1. The Bertz CT molecular complexity index is 1010. The predicted octanol–water partition coefficient (Wildman–Crippen LogP) is 5.15. The van der Waals surface area contributed by atoms with Crippen LogP contribution in [0.5, 0.6) is 0 Å². The topological polar surface area (TPSA) is 20.3 Å². The lowest BCUT2D eigenvalue weighted by atomic mass is 9.79. The fourth-order valence-electron chi connectivity index (χ4n) is 4.10. The number of hydrogen-bond donors (Lipinski definition) is 0. The minimum absolute atomic E-state index is 0.175. The molecular formula is C24H20FNO. The van der Waals surface area contributed by atoms with E-state index < -0.39 is 5.54 Å². The lowest BCUT2D eigenvalue weighted by Crippen LogP contribution is -2.48. The normalized spacial score (nSPS) is 18.2. The van der Waals surface area contributed by atoms with Gasteiger partial charge in [0, 0.05) is 12.1 Å². The summed E-state index contributed by atoms with van der Waals surface area (Å²) in [7, 11) is 0. The molecule has 0 saturated heterocycles. The van der Waals surface area contributed by atoms with E-state index in [0.29, 0.717) is 6.42 Å². The molecule has 0 radical (unpaired) electrons. The molecule has 1 atom stereocenters. The molecule has 4 rings (SSSR count). The summed E-state index contributed by atoms with van der Waals surface area (Å²) < 4.78 is 13.6. The van der Waals surface area contributed by atoms with Crippen LogP contribution in [0.3, 0.4) is 0 Å². The first-order valence-electron chi connectivity index (χ1n) is 8.94. The number of rotatable bonds is 3. The van der Waals surface area contributed by atoms with E-state index in [1.807, 2.05) is 49.4 Å². The summed E-state index contributed by atoms with van der Waals surface area (Å²) in [4.78, 5) is 14.8. The van der Waals surface area contributed by atoms with Crippen LogP contribution in [0.2, 0.25) is 0 Å². The number of aryl methyl sites for hydroxylation is 1. The Labute approximate surface area is 158 Å². The van der Waals surface area contributed by atoms with Crippen molar-refractivity contribution in [2.45, 2.75) is 18.9 Å². The molecular weight excluding hydrogens is 337 g/mol. The van der Waals surface area contributed by atoms with E-state index in [0.717, 1.165) is 27.9 Å². The smallest absolute Gasteiger partial charge is 0.251 e. The van der Waals surface area contributed by atoms with Gasteiger partial charge < -0.3 is 0 Å². The number of fused-ring (bicyclic) bond motifs is 1. The van der Waals surface area contributed by atoms with Gasteiger partial charge >= 0.3 is 0 Å². The average molecular weight is 357 g/mol. The van der Waals surface area contributed by atoms with Crippen LogP contribution in [-0.4, -0.2) is 5.91 Å². The maximum atomic E-state index is 13.6. The molecule has 1 unspecified atom stereocenters. The molecule has 1 aliphatic rings. The number of hydrogen-bond acceptors (Lipinski definition) is 1. The van der Waals surface area contributed by atoms with Gasteiger partial charge in [0.05, 0.1) is 0 Å². The highest BCUT2D eigenvalue weighted by molar-refractivity contribution is 6.05. The molecule has 0 bridgehead atoms. The number of anilines is 1. The molecule has 0 saturated carbocycles. The van der Waals surface area contributed by atoms with Gasteiger partial charge in [0.2, 0.25) is 0 Å². The molecule has 2 nitrogen and oxygen atoms in total. The third kappa shape index (κ3) is 2.67. The molecule has 3 aromatic rings. The van der Waals surface area contributed by atoms with Crippen LogP contribution in [0.1, 0.15) is 22.3 Å². The van der Waals surface area contributed by atoms with Crippen molar-refractivity contribution in [3.8, 4) is 0 Å². The second kappa shape index (κ2) is 6.51. The zero-order valence-corrected chi connectivity index (χ0v) is 15.2. The van der Waals surface area contributed by atoms with E-state index in [1.165, 1.54) is 18.2 Å². The van der Waals surface area contributed by atoms with Crippen LogP contribution >= 0.6 is 0 Å². The molecule has 0 spiro atoms. The van der Waals surface area contributed by atoms with Gasteiger partial charge in [-0.2, -0.15) is 0 Å². The van der Waals surface area contributed by atoms with Crippen molar-refractivity contribution in [1.29, 1.82) is 0 Å². The van der Waals surface area contributed by atoms with Gasteiger partial charge in [-0.25, -0.2) is 4.39 Å². The van der Waals surface area contributed by atoms with Crippen LogP contribution in [0, 0.1) is 12.7 Å². The van der Waals surface area contributed by atoms with Crippen molar-refractivity contribution in [3.05, 3.63) is 114 Å². The minimum Gasteiger partial charge on any atom is -0.294 e. The van der Waals surface area contributed by atoms with Gasteiger partial charge in [0.15, 0.2) is 0 Å². The zero-order chi connectivity index (χ0) is 19.0. The number of halogens is 1. The molecule has 1 aliphatic heterocycles. The van der Waals surface area contributed by atoms with E-state index in [1.54, 1.807) is 17.0 Å². The summed E-state index contributed by atoms with van der Waals surface area (Å²) in [6, 6.07) is 22.5. The average Bonchev–Trinajstić information content (AvgIpc) is 3.03. The summed E-state index contributed by atoms with van der Waals surface area (Å²) in [5, 5.41) is 0. The Hall–Kier alpha value is -3.20. The Balaban J connectivity index is 2.04. The standard InChI is InChI=1S/C24H20FNO/c1-3-23(27)26-22-14-9-17(2)15-18(22)16-24(26,19-7-5-4-6-8-19)20-10-12-21(25)13-11-20/h3-15H,1,16H2,2H3. The largest absolute Gasteiger partial charge is 0.294 e. The molecule has 134 valence electrons. The van der Waals surface area contributed by atoms with Crippen molar-refractivity contribution in [2.24, 2.45) is 0 Å². The van der Waals surface area contributed by atoms with Crippen LogP contribution in [0.4, 0.5) is 10.1 Å². The van der Waals surface area contributed by atoms with Crippen LogP contribution in [-0.2, 0) is 16.8 Å². The molecule has 0 fully saturated rings. The molecule has 1 amide bonds. The van der Waals surface area contributed by atoms with E-state index >= 15 is 0 Å². The quantitative estimate of drug-likeness (QED) is 0.594. The van der Waals surface area contributed by atoms with Gasteiger partial charge in [-0.15, -0.1) is 0 Å². The van der Waals surface area contributed by atoms with Gasteiger partial charge in [0.25, 0.3) is 5.91 Å². The van der Waals surface area contributed by atoms with Crippen LogP contribution in [0.25, 0.3) is 0 Å². The first-order chi connectivity index (χ1) is 13.1. The van der Waals surface area contributed by atoms with Crippen LogP contribution in [0.15, 0.2) is 85.5 Å². The molecule has 3 aromatic carbocycles. The molecule has 3 heteroatoms. The van der Waals surface area contributed by atoms with Gasteiger partial charge in [-0.1, -0.05) is 66.7 Å². The third-order valence-corrected chi connectivity index (χ3v) is 5.27. The number of carbonyl (C=O) groups excluding carboxylic acids is 1. The van der Waals surface area contributed by atoms with E-state index in [-0.39, 0.29) is 11.7 Å². The summed E-state index contributed by atoms with van der Waals surface area (Å²) in [5.74, 6) is -0.472. The van der Waals surface area contributed by atoms with Crippen molar-refractivity contribution < 1.29 is 9.18 Å². The van der Waals surface area contributed by atoms with E-state index in [2.05, 4.69) is 12.6 Å². The summed E-state index contributed by atoms with van der Waals surface area (Å²) >= 11 is 0. The summed E-state index contributed by atoms with van der Waals surface area (Å²) in [6.07, 6.45) is 1.97. The molecule has 1 heterocycles. The van der Waals surface area contributed by atoms with Gasteiger partial charge in [0.1, 0.15) is 11.4 Å². The lowest BCUT2D eigenvalue weighted by molar-refractivity contribution is -0.115. The maximum Gasteiger partial charge on any atom is 0.251 e. The highest BCUT2D eigenvalue weighted by Crippen LogP contribution is 2.49. The SMILES string of the molecule is C=CC(=O)N1c2ccc(C)cc2CC1(c1ccccc1)c1ccc(F)cc1. The summed E-state index contributed by atoms with van der Waals surface area (Å²) in [6.45, 7) is 5.75. The second-order valence-electron chi connectivity index (χ2n) is 6.92. The molecule has 27 heavy (non-hydrogen) atoms. The zero-order valence-electron chi connectivity index (χ0n) is 15.2. The number of amides is 1. The van der Waals surface area contributed by atoms with Crippen molar-refractivity contribution in [3.63, 3.8) is 0 Å². The molecule has 0 N–H and O–H groups in total. The first-order valence-corrected chi connectivity index (χ1v) is 8.94. The fourth-order valence-corrected chi connectivity index (χ4v) is 4.10. The first kappa shape index (κ1) is 17.2. The lowest BCUT2D eigenvalue weighted by Gasteiger charge is -2.39.